The van der Waals surface area contributed by atoms with Crippen LogP contribution in [0.5, 0.6) is 0 Å². The van der Waals surface area contributed by atoms with Crippen LogP contribution >= 0.6 is 0 Å². The Bertz CT molecular complexity index is 220. The van der Waals surface area contributed by atoms with Crippen molar-refractivity contribution in [3.05, 3.63) is 18.2 Å². The molecular formula is C9H18N4. The number of nitrogens with two attached hydrogens (primary N) is 1. The lowest BCUT2D eigenvalue weighted by molar-refractivity contribution is 0.436. The standard InChI is InChI=1S/C9H18N4/c1-3-8(13-7(2)6-10)9-11-4-5-12-9/h4-5,7-8,13H,3,6,10H2,1-2H3,(H,11,12). The van der Waals surface area contributed by atoms with E-state index in [-0.39, 0.29) is 6.04 Å². The van der Waals surface area contributed by atoms with Gasteiger partial charge in [0.25, 0.3) is 0 Å². The van der Waals surface area contributed by atoms with Gasteiger partial charge in [0.1, 0.15) is 5.82 Å². The molecule has 0 aliphatic heterocycles. The van der Waals surface area contributed by atoms with Crippen LogP contribution in [0.3, 0.4) is 0 Å². The molecule has 4 heteroatoms. The van der Waals surface area contributed by atoms with Crippen molar-refractivity contribution in [1.29, 1.82) is 0 Å². The predicted octanol–water partition coefficient (Wildman–Crippen LogP) is 0.798. The fraction of sp³-hybridized carbons (Fsp3) is 0.667. The van der Waals surface area contributed by atoms with Crippen molar-refractivity contribution in [2.24, 2.45) is 5.73 Å². The molecular weight excluding hydrogens is 164 g/mol. The van der Waals surface area contributed by atoms with Crippen molar-refractivity contribution >= 4 is 0 Å². The number of hydrogen-bond donors (Lipinski definition) is 3. The number of nitrogens with one attached hydrogen (secondary N) is 2. The minimum absolute atomic E-state index is 0.286. The molecule has 1 aromatic heterocycles. The van der Waals surface area contributed by atoms with Crippen LogP contribution in [-0.4, -0.2) is 22.6 Å². The quantitative estimate of drug-likeness (QED) is 0.631. The molecule has 4 nitrogen and oxygen atoms in total. The summed E-state index contributed by atoms with van der Waals surface area (Å²) in [6.07, 6.45) is 4.62. The van der Waals surface area contributed by atoms with Crippen LogP contribution < -0.4 is 11.1 Å². The van der Waals surface area contributed by atoms with Gasteiger partial charge in [-0.05, 0) is 13.3 Å². The van der Waals surface area contributed by atoms with Gasteiger partial charge in [-0.25, -0.2) is 4.98 Å². The lowest BCUT2D eigenvalue weighted by Crippen LogP contribution is -2.36. The number of hydrogen-bond acceptors (Lipinski definition) is 3. The van der Waals surface area contributed by atoms with Crippen LogP contribution in [0.15, 0.2) is 12.4 Å². The second-order valence-corrected chi connectivity index (χ2v) is 3.24. The Labute approximate surface area is 78.9 Å². The molecule has 1 aromatic rings. The van der Waals surface area contributed by atoms with E-state index in [9.17, 15) is 0 Å². The minimum Gasteiger partial charge on any atom is -0.347 e. The SMILES string of the molecule is CCC(NC(C)CN)c1ncc[nH]1. The maximum absolute atomic E-state index is 5.54. The first-order valence-corrected chi connectivity index (χ1v) is 4.73. The van der Waals surface area contributed by atoms with Crippen molar-refractivity contribution in [2.45, 2.75) is 32.4 Å². The van der Waals surface area contributed by atoms with E-state index < -0.39 is 0 Å². The largest absolute Gasteiger partial charge is 0.347 e. The highest BCUT2D eigenvalue weighted by atomic mass is 15.0. The molecule has 13 heavy (non-hydrogen) atoms. The molecule has 2 atom stereocenters. The van der Waals surface area contributed by atoms with Gasteiger partial charge in [-0.1, -0.05) is 6.92 Å². The molecule has 4 N–H and O–H groups in total. The van der Waals surface area contributed by atoms with Crippen LogP contribution in [0.1, 0.15) is 32.1 Å². The van der Waals surface area contributed by atoms with Gasteiger partial charge in [0.15, 0.2) is 0 Å². The summed E-state index contributed by atoms with van der Waals surface area (Å²) in [5, 5.41) is 3.40. The van der Waals surface area contributed by atoms with Gasteiger partial charge < -0.3 is 16.0 Å². The highest BCUT2D eigenvalue weighted by Crippen LogP contribution is 2.11. The first-order chi connectivity index (χ1) is 6.27. The summed E-state index contributed by atoms with van der Waals surface area (Å²) >= 11 is 0. The second-order valence-electron chi connectivity index (χ2n) is 3.24. The fourth-order valence-corrected chi connectivity index (χ4v) is 1.27. The van der Waals surface area contributed by atoms with Gasteiger partial charge in [0, 0.05) is 25.0 Å². The molecule has 0 saturated carbocycles. The molecule has 1 heterocycles. The van der Waals surface area contributed by atoms with E-state index in [1.54, 1.807) is 6.20 Å². The molecule has 0 saturated heterocycles. The third-order valence-electron chi connectivity index (χ3n) is 2.10. The van der Waals surface area contributed by atoms with Crippen molar-refractivity contribution in [3.8, 4) is 0 Å². The average Bonchev–Trinajstić information content (AvgIpc) is 2.66. The number of H-pyrrole nitrogens is 1. The minimum atomic E-state index is 0.286. The van der Waals surface area contributed by atoms with Crippen molar-refractivity contribution in [1.82, 2.24) is 15.3 Å². The van der Waals surface area contributed by atoms with Gasteiger partial charge in [0.05, 0.1) is 6.04 Å². The molecule has 0 spiro atoms. The normalized spacial score (nSPS) is 15.6. The molecule has 0 aromatic carbocycles. The molecule has 0 bridgehead atoms. The Balaban J connectivity index is 2.53. The maximum atomic E-state index is 5.54. The lowest BCUT2D eigenvalue weighted by Gasteiger charge is -2.19. The van der Waals surface area contributed by atoms with Gasteiger partial charge in [-0.15, -0.1) is 0 Å². The number of nitrogens with zero attached hydrogens (tertiary/aromatic N) is 1. The van der Waals surface area contributed by atoms with Gasteiger partial charge >= 0.3 is 0 Å². The van der Waals surface area contributed by atoms with Gasteiger partial charge in [-0.3, -0.25) is 0 Å². The van der Waals surface area contributed by atoms with E-state index in [1.165, 1.54) is 0 Å². The molecule has 2 unspecified atom stereocenters. The molecule has 0 amide bonds. The molecule has 74 valence electrons. The Morgan fingerprint density at radius 3 is 2.92 bits per heavy atom. The maximum Gasteiger partial charge on any atom is 0.123 e. The van der Waals surface area contributed by atoms with Gasteiger partial charge in [0.2, 0.25) is 0 Å². The Morgan fingerprint density at radius 1 is 1.69 bits per heavy atom. The highest BCUT2D eigenvalue weighted by molar-refractivity contribution is 4.95. The zero-order chi connectivity index (χ0) is 9.68. The molecule has 0 aliphatic rings. The van der Waals surface area contributed by atoms with Crippen LogP contribution in [0.2, 0.25) is 0 Å². The molecule has 0 radical (unpaired) electrons. The van der Waals surface area contributed by atoms with Crippen LogP contribution in [0.4, 0.5) is 0 Å². The summed E-state index contributed by atoms with van der Waals surface area (Å²) in [5.41, 5.74) is 5.54. The number of aromatic amines is 1. The van der Waals surface area contributed by atoms with E-state index in [0.717, 1.165) is 12.2 Å². The molecule has 0 aliphatic carbocycles. The highest BCUT2D eigenvalue weighted by Gasteiger charge is 2.12. The van der Waals surface area contributed by atoms with Crippen LogP contribution in [0.25, 0.3) is 0 Å². The number of imidazole rings is 1. The third-order valence-corrected chi connectivity index (χ3v) is 2.10. The zero-order valence-corrected chi connectivity index (χ0v) is 8.25. The third kappa shape index (κ3) is 2.82. The fourth-order valence-electron chi connectivity index (χ4n) is 1.27. The average molecular weight is 182 g/mol. The van der Waals surface area contributed by atoms with Gasteiger partial charge in [-0.2, -0.15) is 0 Å². The van der Waals surface area contributed by atoms with Crippen molar-refractivity contribution < 1.29 is 0 Å². The van der Waals surface area contributed by atoms with Crippen molar-refractivity contribution in [3.63, 3.8) is 0 Å². The van der Waals surface area contributed by atoms with E-state index >= 15 is 0 Å². The smallest absolute Gasteiger partial charge is 0.123 e. The summed E-state index contributed by atoms with van der Waals surface area (Å²) in [7, 11) is 0. The first kappa shape index (κ1) is 10.2. The molecule has 1 rings (SSSR count). The summed E-state index contributed by atoms with van der Waals surface area (Å²) in [5.74, 6) is 0.989. The Morgan fingerprint density at radius 2 is 2.46 bits per heavy atom. The van der Waals surface area contributed by atoms with E-state index in [2.05, 4.69) is 29.1 Å². The summed E-state index contributed by atoms with van der Waals surface area (Å²) in [4.78, 5) is 7.32. The number of aromatic nitrogens is 2. The van der Waals surface area contributed by atoms with E-state index in [0.29, 0.717) is 12.6 Å². The van der Waals surface area contributed by atoms with E-state index in [1.807, 2.05) is 6.20 Å². The lowest BCUT2D eigenvalue weighted by atomic mass is 10.2. The van der Waals surface area contributed by atoms with E-state index in [4.69, 9.17) is 5.73 Å². The second kappa shape index (κ2) is 4.99. The van der Waals surface area contributed by atoms with Crippen LogP contribution in [-0.2, 0) is 0 Å². The Hall–Kier alpha value is -0.870. The zero-order valence-electron chi connectivity index (χ0n) is 8.25. The first-order valence-electron chi connectivity index (χ1n) is 4.73. The Kier molecular flexibility index (Phi) is 3.92. The summed E-state index contributed by atoms with van der Waals surface area (Å²) < 4.78 is 0. The van der Waals surface area contributed by atoms with Crippen molar-refractivity contribution in [2.75, 3.05) is 6.54 Å². The predicted molar refractivity (Wildman–Crippen MR) is 53.3 cm³/mol. The monoisotopic (exact) mass is 182 g/mol. The number of rotatable bonds is 5. The summed E-state index contributed by atoms with van der Waals surface area (Å²) in [6.45, 7) is 4.85. The molecule has 0 fully saturated rings. The topological polar surface area (TPSA) is 66.7 Å². The van der Waals surface area contributed by atoms with Crippen LogP contribution in [0, 0.1) is 0 Å². The summed E-state index contributed by atoms with van der Waals surface area (Å²) in [6, 6.07) is 0.614.